The number of hydrogen-bond acceptors (Lipinski definition) is 4. The number of hydrogen-bond donors (Lipinski definition) is 0. The molecule has 1 aromatic heterocycles. The van der Waals surface area contributed by atoms with Gasteiger partial charge in [0.05, 0.1) is 6.54 Å². The van der Waals surface area contributed by atoms with E-state index in [1.807, 2.05) is 29.2 Å². The lowest BCUT2D eigenvalue weighted by molar-refractivity contribution is 0.0761. The molecule has 150 valence electrons. The smallest absolute Gasteiger partial charge is 0.253 e. The van der Waals surface area contributed by atoms with E-state index in [1.165, 1.54) is 17.5 Å². The van der Waals surface area contributed by atoms with E-state index < -0.39 is 0 Å². The van der Waals surface area contributed by atoms with Crippen LogP contribution in [-0.2, 0) is 13.1 Å². The average Bonchev–Trinajstić information content (AvgIpc) is 3.14. The minimum Gasteiger partial charge on any atom is -0.337 e. The Morgan fingerprint density at radius 3 is 2.34 bits per heavy atom. The molecule has 0 spiro atoms. The van der Waals surface area contributed by atoms with Crippen molar-refractivity contribution in [2.24, 2.45) is 0 Å². The van der Waals surface area contributed by atoms with Crippen LogP contribution in [-0.4, -0.2) is 56.7 Å². The van der Waals surface area contributed by atoms with Crippen molar-refractivity contribution in [2.45, 2.75) is 26.4 Å². The van der Waals surface area contributed by atoms with Crippen LogP contribution in [0.5, 0.6) is 0 Å². The molecule has 6 nitrogen and oxygen atoms in total. The Morgan fingerprint density at radius 2 is 1.62 bits per heavy atom. The van der Waals surface area contributed by atoms with Crippen molar-refractivity contribution in [3.05, 3.63) is 83.4 Å². The number of rotatable bonds is 5. The second kappa shape index (κ2) is 9.01. The van der Waals surface area contributed by atoms with Crippen LogP contribution in [0.4, 0.5) is 0 Å². The average molecular weight is 390 g/mol. The van der Waals surface area contributed by atoms with Crippen LogP contribution in [0.25, 0.3) is 0 Å². The van der Waals surface area contributed by atoms with Gasteiger partial charge in [0.1, 0.15) is 12.7 Å². The van der Waals surface area contributed by atoms with E-state index in [2.05, 4.69) is 46.2 Å². The molecule has 0 N–H and O–H groups in total. The van der Waals surface area contributed by atoms with Gasteiger partial charge in [-0.25, -0.2) is 9.67 Å². The molecule has 6 heteroatoms. The highest BCUT2D eigenvalue weighted by atomic mass is 16.2. The second-order valence-electron chi connectivity index (χ2n) is 7.70. The van der Waals surface area contributed by atoms with Gasteiger partial charge in [0, 0.05) is 38.3 Å². The van der Waals surface area contributed by atoms with Crippen LogP contribution in [0.3, 0.4) is 0 Å². The molecule has 4 rings (SSSR count). The Bertz CT molecular complexity index is 919. The molecule has 2 heterocycles. The molecule has 1 aliphatic heterocycles. The van der Waals surface area contributed by atoms with Gasteiger partial charge in [0.25, 0.3) is 5.91 Å². The van der Waals surface area contributed by atoms with E-state index >= 15 is 0 Å². The fourth-order valence-corrected chi connectivity index (χ4v) is 3.72. The van der Waals surface area contributed by atoms with Crippen molar-refractivity contribution < 1.29 is 4.79 Å². The summed E-state index contributed by atoms with van der Waals surface area (Å²) in [6.45, 7) is 7.22. The van der Waals surface area contributed by atoms with Gasteiger partial charge in [-0.15, -0.1) is 0 Å². The first-order chi connectivity index (χ1) is 14.2. The minimum absolute atomic E-state index is 0.120. The summed E-state index contributed by atoms with van der Waals surface area (Å²) in [7, 11) is 0. The van der Waals surface area contributed by atoms with Gasteiger partial charge in [0.15, 0.2) is 0 Å². The zero-order valence-corrected chi connectivity index (χ0v) is 16.9. The summed E-state index contributed by atoms with van der Waals surface area (Å²) in [5, 5.41) is 4.12. The highest BCUT2D eigenvalue weighted by Crippen LogP contribution is 2.14. The Balaban J connectivity index is 1.33. The molecule has 0 aliphatic carbocycles. The summed E-state index contributed by atoms with van der Waals surface area (Å²) < 4.78 is 1.77. The van der Waals surface area contributed by atoms with Gasteiger partial charge < -0.3 is 4.90 Å². The van der Waals surface area contributed by atoms with Crippen molar-refractivity contribution in [1.29, 1.82) is 0 Å². The first-order valence-corrected chi connectivity index (χ1v) is 10.2. The number of aryl methyl sites for hydroxylation is 1. The monoisotopic (exact) mass is 389 g/mol. The van der Waals surface area contributed by atoms with Crippen molar-refractivity contribution in [3.8, 4) is 0 Å². The van der Waals surface area contributed by atoms with Crippen LogP contribution in [0.15, 0.2) is 61.2 Å². The summed E-state index contributed by atoms with van der Waals surface area (Å²) in [4.78, 5) is 21.4. The van der Waals surface area contributed by atoms with Crippen molar-refractivity contribution >= 4 is 5.91 Å². The molecular weight excluding hydrogens is 362 g/mol. The van der Waals surface area contributed by atoms with Gasteiger partial charge >= 0.3 is 0 Å². The summed E-state index contributed by atoms with van der Waals surface area (Å²) >= 11 is 0. The molecule has 0 saturated carbocycles. The molecular formula is C23H27N5O. The highest BCUT2D eigenvalue weighted by Gasteiger charge is 2.20. The van der Waals surface area contributed by atoms with Crippen LogP contribution < -0.4 is 0 Å². The number of benzene rings is 2. The van der Waals surface area contributed by atoms with Gasteiger partial charge in [-0.1, -0.05) is 42.0 Å². The molecule has 0 atom stereocenters. The van der Waals surface area contributed by atoms with E-state index in [-0.39, 0.29) is 5.91 Å². The lowest BCUT2D eigenvalue weighted by Crippen LogP contribution is -2.35. The molecule has 3 aromatic rings. The zero-order valence-electron chi connectivity index (χ0n) is 16.9. The predicted molar refractivity (Wildman–Crippen MR) is 113 cm³/mol. The third kappa shape index (κ3) is 5.09. The first kappa shape index (κ1) is 19.3. The van der Waals surface area contributed by atoms with Crippen molar-refractivity contribution in [2.75, 3.05) is 26.2 Å². The number of carbonyl (C=O) groups excluding carboxylic acids is 1. The van der Waals surface area contributed by atoms with Crippen LogP contribution in [0.1, 0.15) is 33.5 Å². The fraction of sp³-hybridized carbons (Fsp3) is 0.348. The van der Waals surface area contributed by atoms with Crippen LogP contribution in [0.2, 0.25) is 0 Å². The van der Waals surface area contributed by atoms with E-state index in [0.717, 1.165) is 50.3 Å². The molecule has 0 unspecified atom stereocenters. The third-order valence-corrected chi connectivity index (χ3v) is 5.41. The SMILES string of the molecule is Cc1ccc(CN2CCCN(C(=O)c3ccc(Cn4cncn4)cc3)CC2)cc1. The maximum Gasteiger partial charge on any atom is 0.253 e. The molecule has 0 radical (unpaired) electrons. The van der Waals surface area contributed by atoms with Crippen molar-refractivity contribution in [3.63, 3.8) is 0 Å². The highest BCUT2D eigenvalue weighted by molar-refractivity contribution is 5.94. The van der Waals surface area contributed by atoms with E-state index in [9.17, 15) is 4.79 Å². The summed E-state index contributed by atoms with van der Waals surface area (Å²) in [5.41, 5.74) is 4.47. The van der Waals surface area contributed by atoms with E-state index in [1.54, 1.807) is 11.0 Å². The van der Waals surface area contributed by atoms with E-state index in [0.29, 0.717) is 6.54 Å². The standard InChI is InChI=1S/C23H27N5O/c1-19-3-5-20(6-4-19)15-26-11-2-12-27(14-13-26)23(29)22-9-7-21(8-10-22)16-28-18-24-17-25-28/h3-10,17-18H,2,11-16H2,1H3. The Kier molecular flexibility index (Phi) is 6.00. The number of carbonyl (C=O) groups is 1. The Hall–Kier alpha value is -2.99. The molecule has 29 heavy (non-hydrogen) atoms. The third-order valence-electron chi connectivity index (χ3n) is 5.41. The normalized spacial score (nSPS) is 15.3. The Morgan fingerprint density at radius 1 is 0.897 bits per heavy atom. The maximum absolute atomic E-state index is 13.0. The second-order valence-corrected chi connectivity index (χ2v) is 7.70. The fourth-order valence-electron chi connectivity index (χ4n) is 3.72. The largest absolute Gasteiger partial charge is 0.337 e. The summed E-state index contributed by atoms with van der Waals surface area (Å²) in [6.07, 6.45) is 4.22. The minimum atomic E-state index is 0.120. The molecule has 1 saturated heterocycles. The maximum atomic E-state index is 13.0. The molecule has 1 fully saturated rings. The molecule has 0 bridgehead atoms. The van der Waals surface area contributed by atoms with Crippen LogP contribution >= 0.6 is 0 Å². The Labute approximate surface area is 171 Å². The van der Waals surface area contributed by atoms with Crippen LogP contribution in [0, 0.1) is 6.92 Å². The van der Waals surface area contributed by atoms with Crippen molar-refractivity contribution in [1.82, 2.24) is 24.6 Å². The lowest BCUT2D eigenvalue weighted by atomic mass is 10.1. The molecule has 1 amide bonds. The summed E-state index contributed by atoms with van der Waals surface area (Å²) in [5.74, 6) is 0.120. The topological polar surface area (TPSA) is 54.3 Å². The zero-order chi connectivity index (χ0) is 20.1. The van der Waals surface area contributed by atoms with Gasteiger partial charge in [-0.2, -0.15) is 5.10 Å². The quantitative estimate of drug-likeness (QED) is 0.673. The van der Waals surface area contributed by atoms with E-state index in [4.69, 9.17) is 0 Å². The van der Waals surface area contributed by atoms with Gasteiger partial charge in [0.2, 0.25) is 0 Å². The first-order valence-electron chi connectivity index (χ1n) is 10.2. The number of nitrogens with zero attached hydrogens (tertiary/aromatic N) is 5. The lowest BCUT2D eigenvalue weighted by Gasteiger charge is -2.22. The van der Waals surface area contributed by atoms with Gasteiger partial charge in [-0.05, 0) is 36.6 Å². The predicted octanol–water partition coefficient (Wildman–Crippen LogP) is 2.98. The molecule has 1 aliphatic rings. The summed E-state index contributed by atoms with van der Waals surface area (Å²) in [6, 6.07) is 16.6. The van der Waals surface area contributed by atoms with Gasteiger partial charge in [-0.3, -0.25) is 9.69 Å². The number of aromatic nitrogens is 3. The number of amides is 1. The molecule has 2 aromatic carbocycles.